The highest BCUT2D eigenvalue weighted by Gasteiger charge is 2.47. The highest BCUT2D eigenvalue weighted by Crippen LogP contribution is 2.34. The summed E-state index contributed by atoms with van der Waals surface area (Å²) in [4.78, 5) is 54.9. The lowest BCUT2D eigenvalue weighted by Crippen LogP contribution is -2.47. The Balaban J connectivity index is 1.37. The zero-order chi connectivity index (χ0) is 21.4. The maximum Gasteiger partial charge on any atom is 0.269 e. The quantitative estimate of drug-likeness (QED) is 0.446. The summed E-state index contributed by atoms with van der Waals surface area (Å²) in [7, 11) is 0. The van der Waals surface area contributed by atoms with E-state index < -0.39 is 18.4 Å². The van der Waals surface area contributed by atoms with Gasteiger partial charge in [0.1, 0.15) is 12.4 Å². The van der Waals surface area contributed by atoms with Gasteiger partial charge in [0.2, 0.25) is 11.8 Å². The monoisotopic (exact) mass is 409 g/mol. The van der Waals surface area contributed by atoms with Crippen LogP contribution in [0.2, 0.25) is 0 Å². The summed E-state index contributed by atoms with van der Waals surface area (Å²) in [5, 5.41) is 0. The molecule has 156 valence electrons. The van der Waals surface area contributed by atoms with Crippen molar-refractivity contribution in [2.45, 2.75) is 33.2 Å². The Morgan fingerprint density at radius 2 is 1.77 bits per heavy atom. The molecule has 1 aliphatic heterocycles. The summed E-state index contributed by atoms with van der Waals surface area (Å²) in [5.41, 5.74) is 6.57. The van der Waals surface area contributed by atoms with E-state index >= 15 is 0 Å². The number of fused-ring (bicyclic) bond motifs is 2. The van der Waals surface area contributed by atoms with Crippen molar-refractivity contribution in [1.29, 1.82) is 0 Å². The third-order valence-electron chi connectivity index (χ3n) is 5.73. The molecule has 1 aromatic carbocycles. The Hall–Kier alpha value is -3.49. The van der Waals surface area contributed by atoms with Crippen LogP contribution in [0, 0.1) is 18.8 Å². The molecule has 30 heavy (non-hydrogen) atoms. The van der Waals surface area contributed by atoms with E-state index in [0.717, 1.165) is 22.8 Å². The van der Waals surface area contributed by atoms with Gasteiger partial charge in [-0.3, -0.25) is 34.9 Å². The standard InChI is InChI=1S/C21H23N5O4/c1-3-25-12(2)22-16-10-13(8-9-17(16)25)19(28)24-23-18(27)11-26-20(29)14-6-4-5-7-15(14)21(26)30/h4-5,8-10,14-15H,3,6-7,11H2,1-2H3,(H,23,27)(H,24,28)/t14-,15+. The second kappa shape index (κ2) is 7.74. The minimum atomic E-state index is -0.635. The summed E-state index contributed by atoms with van der Waals surface area (Å²) in [6.07, 6.45) is 4.80. The molecule has 2 N–H and O–H groups in total. The molecule has 2 atom stereocenters. The van der Waals surface area contributed by atoms with Gasteiger partial charge in [-0.15, -0.1) is 0 Å². The van der Waals surface area contributed by atoms with E-state index in [4.69, 9.17) is 0 Å². The number of likely N-dealkylation sites (tertiary alicyclic amines) is 1. The first-order valence-electron chi connectivity index (χ1n) is 9.97. The molecule has 0 radical (unpaired) electrons. The molecule has 0 saturated carbocycles. The van der Waals surface area contributed by atoms with Crippen molar-refractivity contribution in [3.8, 4) is 0 Å². The molecule has 1 aromatic heterocycles. The number of amides is 4. The number of rotatable bonds is 4. The summed E-state index contributed by atoms with van der Waals surface area (Å²) < 4.78 is 2.04. The van der Waals surface area contributed by atoms with Crippen LogP contribution in [-0.4, -0.2) is 44.6 Å². The average molecular weight is 409 g/mol. The molecule has 9 nitrogen and oxygen atoms in total. The number of nitrogens with one attached hydrogen (secondary N) is 2. The Morgan fingerprint density at radius 3 is 2.40 bits per heavy atom. The van der Waals surface area contributed by atoms with Crippen molar-refractivity contribution in [1.82, 2.24) is 25.3 Å². The number of aromatic nitrogens is 2. The first kappa shape index (κ1) is 19.8. The second-order valence-electron chi connectivity index (χ2n) is 7.53. The van der Waals surface area contributed by atoms with Gasteiger partial charge >= 0.3 is 0 Å². The van der Waals surface area contributed by atoms with E-state index in [2.05, 4.69) is 15.8 Å². The Morgan fingerprint density at radius 1 is 1.10 bits per heavy atom. The number of carbonyl (C=O) groups is 4. The lowest BCUT2D eigenvalue weighted by molar-refractivity contribution is -0.143. The molecule has 0 bridgehead atoms. The molecule has 0 spiro atoms. The van der Waals surface area contributed by atoms with E-state index in [-0.39, 0.29) is 23.7 Å². The first-order valence-corrected chi connectivity index (χ1v) is 9.97. The number of carbonyl (C=O) groups excluding carboxylic acids is 4. The molecule has 0 unspecified atom stereocenters. The van der Waals surface area contributed by atoms with Crippen molar-refractivity contribution >= 4 is 34.7 Å². The fraction of sp³-hybridized carbons (Fsp3) is 0.381. The number of hydrogen-bond acceptors (Lipinski definition) is 5. The first-order chi connectivity index (χ1) is 14.4. The van der Waals surface area contributed by atoms with Crippen LogP contribution in [0.4, 0.5) is 0 Å². The van der Waals surface area contributed by atoms with Crippen LogP contribution in [0.5, 0.6) is 0 Å². The van der Waals surface area contributed by atoms with Crippen LogP contribution in [0.1, 0.15) is 35.9 Å². The van der Waals surface area contributed by atoms with E-state index in [9.17, 15) is 19.2 Å². The molecule has 1 fully saturated rings. The fourth-order valence-electron chi connectivity index (χ4n) is 4.20. The number of aryl methyl sites for hydroxylation is 2. The predicted octanol–water partition coefficient (Wildman–Crippen LogP) is 1.08. The van der Waals surface area contributed by atoms with E-state index in [1.165, 1.54) is 0 Å². The zero-order valence-electron chi connectivity index (χ0n) is 16.8. The van der Waals surface area contributed by atoms with Gasteiger partial charge in [0.15, 0.2) is 0 Å². The highest BCUT2D eigenvalue weighted by molar-refractivity contribution is 6.07. The molecular weight excluding hydrogens is 386 g/mol. The second-order valence-corrected chi connectivity index (χ2v) is 7.53. The third kappa shape index (κ3) is 3.36. The number of allylic oxidation sites excluding steroid dienone is 2. The van der Waals surface area contributed by atoms with Crippen LogP contribution < -0.4 is 10.9 Å². The number of benzene rings is 1. The smallest absolute Gasteiger partial charge is 0.269 e. The molecule has 2 aliphatic rings. The topological polar surface area (TPSA) is 113 Å². The van der Waals surface area contributed by atoms with Crippen LogP contribution in [0.3, 0.4) is 0 Å². The van der Waals surface area contributed by atoms with Crippen molar-refractivity contribution in [3.63, 3.8) is 0 Å². The molecule has 2 heterocycles. The minimum Gasteiger partial charge on any atom is -0.329 e. The largest absolute Gasteiger partial charge is 0.329 e. The lowest BCUT2D eigenvalue weighted by Gasteiger charge is -2.14. The summed E-state index contributed by atoms with van der Waals surface area (Å²) in [6.45, 7) is 4.28. The van der Waals surface area contributed by atoms with Crippen molar-refractivity contribution in [2.75, 3.05) is 6.54 Å². The van der Waals surface area contributed by atoms with Crippen LogP contribution >= 0.6 is 0 Å². The van der Waals surface area contributed by atoms with Crippen molar-refractivity contribution in [2.24, 2.45) is 11.8 Å². The van der Waals surface area contributed by atoms with Crippen LogP contribution in [-0.2, 0) is 20.9 Å². The normalized spacial score (nSPS) is 20.5. The molecule has 4 amide bonds. The molecule has 1 saturated heterocycles. The van der Waals surface area contributed by atoms with Gasteiger partial charge in [-0.2, -0.15) is 0 Å². The fourth-order valence-corrected chi connectivity index (χ4v) is 4.20. The molecule has 9 heteroatoms. The Kier molecular flexibility index (Phi) is 5.11. The maximum absolute atomic E-state index is 12.4. The number of imide groups is 1. The van der Waals surface area contributed by atoms with Gasteiger partial charge in [-0.05, 0) is 44.9 Å². The van der Waals surface area contributed by atoms with Gasteiger partial charge in [-0.25, -0.2) is 4.98 Å². The molecular formula is C21H23N5O4. The van der Waals surface area contributed by atoms with Gasteiger partial charge < -0.3 is 4.57 Å². The summed E-state index contributed by atoms with van der Waals surface area (Å²) in [5.74, 6) is -1.72. The molecule has 1 aliphatic carbocycles. The van der Waals surface area contributed by atoms with Gasteiger partial charge in [0.05, 0.1) is 22.9 Å². The molecule has 4 rings (SSSR count). The number of hydrogen-bond donors (Lipinski definition) is 2. The molecule has 2 aromatic rings. The van der Waals surface area contributed by atoms with Crippen molar-refractivity contribution < 1.29 is 19.2 Å². The van der Waals surface area contributed by atoms with Crippen molar-refractivity contribution in [3.05, 3.63) is 41.7 Å². The van der Waals surface area contributed by atoms with Gasteiger partial charge in [0.25, 0.3) is 11.8 Å². The maximum atomic E-state index is 12.4. The van der Waals surface area contributed by atoms with Crippen LogP contribution in [0.15, 0.2) is 30.4 Å². The zero-order valence-corrected chi connectivity index (χ0v) is 16.8. The van der Waals surface area contributed by atoms with Crippen LogP contribution in [0.25, 0.3) is 11.0 Å². The van der Waals surface area contributed by atoms with E-state index in [1.807, 2.05) is 36.6 Å². The number of imidazole rings is 1. The minimum absolute atomic E-state index is 0.330. The van der Waals surface area contributed by atoms with Gasteiger partial charge in [-0.1, -0.05) is 12.2 Å². The third-order valence-corrected chi connectivity index (χ3v) is 5.73. The van der Waals surface area contributed by atoms with E-state index in [0.29, 0.717) is 23.9 Å². The lowest BCUT2D eigenvalue weighted by atomic mass is 9.85. The Bertz CT molecular complexity index is 1060. The number of nitrogens with zero attached hydrogens (tertiary/aromatic N) is 3. The summed E-state index contributed by atoms with van der Waals surface area (Å²) >= 11 is 0. The number of hydrazine groups is 1. The predicted molar refractivity (Wildman–Crippen MR) is 108 cm³/mol. The highest BCUT2D eigenvalue weighted by atomic mass is 16.2. The van der Waals surface area contributed by atoms with E-state index in [1.54, 1.807) is 12.1 Å². The summed E-state index contributed by atoms with van der Waals surface area (Å²) in [6, 6.07) is 5.12. The average Bonchev–Trinajstić information content (AvgIpc) is 3.19. The Labute approximate surface area is 173 Å². The SMILES string of the molecule is CCn1c(C)nc2cc(C(=O)NNC(=O)CN3C(=O)[C@H]4CC=CC[C@H]4C3=O)ccc21. The van der Waals surface area contributed by atoms with Gasteiger partial charge in [0, 0.05) is 12.1 Å².